The molecule has 1 aromatic heterocycles. The fraction of sp³-hybridized carbons (Fsp3) is 0.375. The van der Waals surface area contributed by atoms with Crippen LogP contribution in [0.1, 0.15) is 43.5 Å². The summed E-state index contributed by atoms with van der Waals surface area (Å²) in [6.45, 7) is 5.36. The molecule has 0 aliphatic rings. The van der Waals surface area contributed by atoms with Crippen molar-refractivity contribution in [3.05, 3.63) is 58.5 Å². The second kappa shape index (κ2) is 11.2. The molecule has 0 saturated carbocycles. The lowest BCUT2D eigenvalue weighted by Crippen LogP contribution is -2.42. The fourth-order valence-corrected chi connectivity index (χ4v) is 3.54. The number of methoxy groups -OCH3 is 1. The van der Waals surface area contributed by atoms with E-state index < -0.39 is 11.8 Å². The standard InChI is InChI=1S/C24H30N4O5/c1-4-13-27-18-8-6-7-9-19(18)28(24(27)31)14-12-22(29)25-26-23(30)17-10-11-20(33-15-5-2)21(16-17)32-3/h6-11,16H,4-5,12-15H2,1-3H3,(H,25,29)(H,26,30). The summed E-state index contributed by atoms with van der Waals surface area (Å²) in [4.78, 5) is 37.6. The number of nitrogens with one attached hydrogen (secondary N) is 2. The van der Waals surface area contributed by atoms with Gasteiger partial charge in [0.15, 0.2) is 11.5 Å². The molecule has 0 aliphatic heterocycles. The third-order valence-electron chi connectivity index (χ3n) is 5.14. The normalized spacial score (nSPS) is 10.8. The SMILES string of the molecule is CCCOc1ccc(C(=O)NNC(=O)CCn2c(=O)n(CCC)c3ccccc32)cc1OC. The molecule has 0 saturated heterocycles. The van der Waals surface area contributed by atoms with Gasteiger partial charge in [-0.3, -0.25) is 29.6 Å². The summed E-state index contributed by atoms with van der Waals surface area (Å²) in [6.07, 6.45) is 1.72. The molecule has 0 aliphatic carbocycles. The van der Waals surface area contributed by atoms with Gasteiger partial charge in [0.2, 0.25) is 5.91 Å². The molecule has 1 heterocycles. The van der Waals surface area contributed by atoms with E-state index in [1.165, 1.54) is 7.11 Å². The molecule has 9 heteroatoms. The molecule has 0 radical (unpaired) electrons. The van der Waals surface area contributed by atoms with E-state index in [-0.39, 0.29) is 18.7 Å². The molecule has 33 heavy (non-hydrogen) atoms. The van der Waals surface area contributed by atoms with Crippen LogP contribution in [-0.4, -0.2) is 34.7 Å². The van der Waals surface area contributed by atoms with E-state index >= 15 is 0 Å². The van der Waals surface area contributed by atoms with Crippen LogP contribution < -0.4 is 26.0 Å². The number of amides is 2. The fourth-order valence-electron chi connectivity index (χ4n) is 3.54. The number of benzene rings is 2. The van der Waals surface area contributed by atoms with Gasteiger partial charge in [0.25, 0.3) is 5.91 Å². The van der Waals surface area contributed by atoms with Crippen LogP contribution in [0, 0.1) is 0 Å². The Morgan fingerprint density at radius 2 is 1.61 bits per heavy atom. The number of imidazole rings is 1. The molecule has 0 fully saturated rings. The van der Waals surface area contributed by atoms with Gasteiger partial charge < -0.3 is 9.47 Å². The van der Waals surface area contributed by atoms with Gasteiger partial charge in [0.05, 0.1) is 24.8 Å². The van der Waals surface area contributed by atoms with Crippen LogP contribution in [0.3, 0.4) is 0 Å². The van der Waals surface area contributed by atoms with Gasteiger partial charge >= 0.3 is 5.69 Å². The number of para-hydroxylation sites is 2. The van der Waals surface area contributed by atoms with E-state index in [9.17, 15) is 14.4 Å². The highest BCUT2D eigenvalue weighted by molar-refractivity contribution is 5.96. The van der Waals surface area contributed by atoms with Gasteiger partial charge in [0, 0.05) is 25.1 Å². The molecule has 3 rings (SSSR count). The number of carbonyl (C=O) groups excluding carboxylic acids is 2. The molecule has 2 amide bonds. The number of ether oxygens (including phenoxy) is 2. The van der Waals surface area contributed by atoms with Crippen molar-refractivity contribution in [3.63, 3.8) is 0 Å². The lowest BCUT2D eigenvalue weighted by Gasteiger charge is -2.12. The van der Waals surface area contributed by atoms with Crippen LogP contribution in [0.15, 0.2) is 47.3 Å². The lowest BCUT2D eigenvalue weighted by atomic mass is 10.2. The Morgan fingerprint density at radius 3 is 2.24 bits per heavy atom. The van der Waals surface area contributed by atoms with Gasteiger partial charge in [0.1, 0.15) is 0 Å². The topological polar surface area (TPSA) is 104 Å². The number of rotatable bonds is 10. The van der Waals surface area contributed by atoms with Crippen molar-refractivity contribution < 1.29 is 19.1 Å². The average molecular weight is 455 g/mol. The van der Waals surface area contributed by atoms with Crippen LogP contribution >= 0.6 is 0 Å². The molecule has 0 spiro atoms. The summed E-state index contributed by atoms with van der Waals surface area (Å²) in [5.74, 6) is 0.0933. The minimum absolute atomic E-state index is 0.0352. The van der Waals surface area contributed by atoms with Crippen LogP contribution in [0.5, 0.6) is 11.5 Å². The average Bonchev–Trinajstić information content (AvgIpc) is 3.10. The first kappa shape index (κ1) is 23.9. The van der Waals surface area contributed by atoms with Gasteiger partial charge in [-0.05, 0) is 43.2 Å². The van der Waals surface area contributed by atoms with E-state index in [0.29, 0.717) is 30.2 Å². The van der Waals surface area contributed by atoms with Crippen molar-refractivity contribution in [1.29, 1.82) is 0 Å². The van der Waals surface area contributed by atoms with Gasteiger partial charge in [-0.2, -0.15) is 0 Å². The highest BCUT2D eigenvalue weighted by atomic mass is 16.5. The first-order valence-corrected chi connectivity index (χ1v) is 11.1. The van der Waals surface area contributed by atoms with Crippen LogP contribution in [0.2, 0.25) is 0 Å². The molecule has 3 aromatic rings. The predicted molar refractivity (Wildman–Crippen MR) is 125 cm³/mol. The smallest absolute Gasteiger partial charge is 0.329 e. The molecular weight excluding hydrogens is 424 g/mol. The molecule has 0 bridgehead atoms. The summed E-state index contributed by atoms with van der Waals surface area (Å²) in [7, 11) is 1.50. The predicted octanol–water partition coefficient (Wildman–Crippen LogP) is 2.86. The van der Waals surface area contributed by atoms with Crippen molar-refractivity contribution in [1.82, 2.24) is 20.0 Å². The zero-order valence-corrected chi connectivity index (χ0v) is 19.2. The van der Waals surface area contributed by atoms with Crippen molar-refractivity contribution in [2.24, 2.45) is 0 Å². The van der Waals surface area contributed by atoms with Crippen LogP contribution in [0.4, 0.5) is 0 Å². The van der Waals surface area contributed by atoms with E-state index in [1.54, 1.807) is 27.3 Å². The number of nitrogens with zero attached hydrogens (tertiary/aromatic N) is 2. The maximum atomic E-state index is 12.8. The molecule has 0 unspecified atom stereocenters. The van der Waals surface area contributed by atoms with Gasteiger partial charge in [-0.1, -0.05) is 26.0 Å². The zero-order chi connectivity index (χ0) is 23.8. The monoisotopic (exact) mass is 454 g/mol. The minimum atomic E-state index is -0.486. The van der Waals surface area contributed by atoms with Crippen molar-refractivity contribution in [3.8, 4) is 11.5 Å². The molecular formula is C24H30N4O5. The Balaban J connectivity index is 1.61. The summed E-state index contributed by atoms with van der Waals surface area (Å²) < 4.78 is 14.2. The van der Waals surface area contributed by atoms with Crippen LogP contribution in [0.25, 0.3) is 11.0 Å². The van der Waals surface area contributed by atoms with Crippen molar-refractivity contribution in [2.75, 3.05) is 13.7 Å². The Morgan fingerprint density at radius 1 is 0.909 bits per heavy atom. The first-order valence-electron chi connectivity index (χ1n) is 11.1. The summed E-state index contributed by atoms with van der Waals surface area (Å²) in [5, 5.41) is 0. The summed E-state index contributed by atoms with van der Waals surface area (Å²) >= 11 is 0. The number of hydrogen-bond donors (Lipinski definition) is 2. The van der Waals surface area contributed by atoms with Crippen LogP contribution in [-0.2, 0) is 17.9 Å². The Bertz CT molecular complexity index is 1180. The third-order valence-corrected chi connectivity index (χ3v) is 5.14. The zero-order valence-electron chi connectivity index (χ0n) is 19.2. The largest absolute Gasteiger partial charge is 0.493 e. The summed E-state index contributed by atoms with van der Waals surface area (Å²) in [5.41, 5.74) is 6.60. The molecule has 2 aromatic carbocycles. The second-order valence-electron chi connectivity index (χ2n) is 7.54. The minimum Gasteiger partial charge on any atom is -0.493 e. The maximum Gasteiger partial charge on any atom is 0.329 e. The molecule has 176 valence electrons. The second-order valence-corrected chi connectivity index (χ2v) is 7.54. The van der Waals surface area contributed by atoms with E-state index in [4.69, 9.17) is 9.47 Å². The van der Waals surface area contributed by atoms with Gasteiger partial charge in [-0.15, -0.1) is 0 Å². The first-order chi connectivity index (χ1) is 16.0. The molecule has 2 N–H and O–H groups in total. The number of aryl methyl sites for hydroxylation is 2. The van der Waals surface area contributed by atoms with E-state index in [2.05, 4.69) is 10.9 Å². The number of aromatic nitrogens is 2. The van der Waals surface area contributed by atoms with E-state index in [1.807, 2.05) is 38.1 Å². The number of hydrazine groups is 1. The quantitative estimate of drug-likeness (QED) is 0.459. The Hall–Kier alpha value is -3.75. The number of hydrogen-bond acceptors (Lipinski definition) is 5. The molecule has 9 nitrogen and oxygen atoms in total. The number of fused-ring (bicyclic) bond motifs is 1. The highest BCUT2D eigenvalue weighted by Gasteiger charge is 2.15. The number of carbonyl (C=O) groups is 2. The Kier molecular flexibility index (Phi) is 8.12. The third kappa shape index (κ3) is 5.54. The van der Waals surface area contributed by atoms with Crippen molar-refractivity contribution in [2.45, 2.75) is 46.2 Å². The Labute approximate surface area is 192 Å². The lowest BCUT2D eigenvalue weighted by molar-refractivity contribution is -0.122. The van der Waals surface area contributed by atoms with Crippen molar-refractivity contribution >= 4 is 22.8 Å². The summed E-state index contributed by atoms with van der Waals surface area (Å²) in [6, 6.07) is 12.3. The molecule has 0 atom stereocenters. The van der Waals surface area contributed by atoms with Gasteiger partial charge in [-0.25, -0.2) is 4.79 Å². The van der Waals surface area contributed by atoms with E-state index in [0.717, 1.165) is 23.9 Å². The maximum absolute atomic E-state index is 12.8. The highest BCUT2D eigenvalue weighted by Crippen LogP contribution is 2.28.